The van der Waals surface area contributed by atoms with E-state index in [0.717, 1.165) is 0 Å². The zero-order valence-electron chi connectivity index (χ0n) is 13.9. The molecule has 26 heavy (non-hydrogen) atoms. The van der Waals surface area contributed by atoms with Crippen molar-refractivity contribution < 1.29 is 34.0 Å². The first-order chi connectivity index (χ1) is 12.6. The van der Waals surface area contributed by atoms with E-state index in [2.05, 4.69) is 0 Å². The Morgan fingerprint density at radius 2 is 1.73 bits per heavy atom. The highest BCUT2D eigenvalue weighted by atomic mass is 16.7. The van der Waals surface area contributed by atoms with Gasteiger partial charge in [-0.1, -0.05) is 12.1 Å². The molecule has 0 bridgehead atoms. The first-order valence-corrected chi connectivity index (χ1v) is 7.94. The number of rotatable bonds is 4. The van der Waals surface area contributed by atoms with Gasteiger partial charge in [-0.15, -0.1) is 0 Å². The third-order valence-electron chi connectivity index (χ3n) is 4.44. The Morgan fingerprint density at radius 1 is 1.04 bits per heavy atom. The van der Waals surface area contributed by atoms with Crippen LogP contribution in [0.15, 0.2) is 47.7 Å². The van der Waals surface area contributed by atoms with E-state index in [1.807, 2.05) is 0 Å². The predicted molar refractivity (Wildman–Crippen MR) is 89.7 cm³/mol. The molecule has 0 aliphatic carbocycles. The summed E-state index contributed by atoms with van der Waals surface area (Å²) in [5, 5.41) is 20.7. The van der Waals surface area contributed by atoms with Crippen molar-refractivity contribution >= 4 is 5.97 Å². The van der Waals surface area contributed by atoms with Gasteiger partial charge in [0.25, 0.3) is 0 Å². The highest BCUT2D eigenvalue weighted by molar-refractivity contribution is 5.94. The first-order valence-electron chi connectivity index (χ1n) is 7.94. The molecule has 7 nitrogen and oxygen atoms in total. The summed E-state index contributed by atoms with van der Waals surface area (Å²) in [5.41, 5.74) is 1.17. The Kier molecular flexibility index (Phi) is 3.84. The van der Waals surface area contributed by atoms with Crippen LogP contribution in [0.3, 0.4) is 0 Å². The van der Waals surface area contributed by atoms with Gasteiger partial charge < -0.3 is 29.2 Å². The molecule has 0 saturated heterocycles. The normalized spacial score (nSPS) is 16.6. The maximum absolute atomic E-state index is 12.2. The quantitative estimate of drug-likeness (QED) is 0.813. The van der Waals surface area contributed by atoms with Gasteiger partial charge >= 0.3 is 5.97 Å². The summed E-state index contributed by atoms with van der Waals surface area (Å²) < 4.78 is 20.8. The summed E-state index contributed by atoms with van der Waals surface area (Å²) in [6.45, 7) is -0.131. The molecular weight excluding hydrogens is 340 g/mol. The van der Waals surface area contributed by atoms with E-state index in [9.17, 15) is 15.0 Å². The third kappa shape index (κ3) is 2.57. The second-order valence-electron chi connectivity index (χ2n) is 5.91. The lowest BCUT2D eigenvalue weighted by Gasteiger charge is -2.20. The Bertz CT molecular complexity index is 899. The molecule has 2 aliphatic heterocycles. The fourth-order valence-electron chi connectivity index (χ4n) is 3.17. The van der Waals surface area contributed by atoms with Crippen LogP contribution >= 0.6 is 0 Å². The van der Waals surface area contributed by atoms with E-state index in [4.69, 9.17) is 18.9 Å². The number of phenolic OH excluding ortho intramolecular Hbond substituents is 1. The zero-order valence-corrected chi connectivity index (χ0v) is 13.9. The number of fused-ring (bicyclic) bond motifs is 1. The lowest BCUT2D eigenvalue weighted by Crippen LogP contribution is -2.12. The molecule has 4 rings (SSSR count). The molecule has 0 radical (unpaired) electrons. The van der Waals surface area contributed by atoms with E-state index in [-0.39, 0.29) is 30.5 Å². The molecule has 2 aromatic carbocycles. The summed E-state index contributed by atoms with van der Waals surface area (Å²) >= 11 is 0. The van der Waals surface area contributed by atoms with Crippen molar-refractivity contribution in [3.63, 3.8) is 0 Å². The molecule has 1 atom stereocenters. The molecule has 134 valence electrons. The van der Waals surface area contributed by atoms with Crippen molar-refractivity contribution in [1.82, 2.24) is 0 Å². The second-order valence-corrected chi connectivity index (χ2v) is 5.91. The van der Waals surface area contributed by atoms with Crippen LogP contribution in [0.5, 0.6) is 23.0 Å². The predicted octanol–water partition coefficient (Wildman–Crippen LogP) is 2.63. The van der Waals surface area contributed by atoms with Gasteiger partial charge in [0.05, 0.1) is 12.7 Å². The third-order valence-corrected chi connectivity index (χ3v) is 4.44. The lowest BCUT2D eigenvalue weighted by atomic mass is 9.83. The minimum absolute atomic E-state index is 0.0570. The number of aliphatic hydroxyl groups excluding tert-OH is 1. The summed E-state index contributed by atoms with van der Waals surface area (Å²) in [6, 6.07) is 10.1. The van der Waals surface area contributed by atoms with Crippen LogP contribution in [0.4, 0.5) is 0 Å². The number of hydrogen-bond acceptors (Lipinski definition) is 7. The molecule has 0 fully saturated rings. The van der Waals surface area contributed by atoms with Gasteiger partial charge in [0, 0.05) is 17.5 Å². The van der Waals surface area contributed by atoms with E-state index >= 15 is 0 Å². The van der Waals surface area contributed by atoms with Crippen LogP contribution in [0.2, 0.25) is 0 Å². The molecule has 2 N–H and O–H groups in total. The van der Waals surface area contributed by atoms with Crippen molar-refractivity contribution in [3.8, 4) is 23.0 Å². The van der Waals surface area contributed by atoms with Crippen molar-refractivity contribution in [2.24, 2.45) is 0 Å². The Balaban J connectivity index is 1.89. The summed E-state index contributed by atoms with van der Waals surface area (Å²) in [4.78, 5) is 12.2. The highest BCUT2D eigenvalue weighted by Crippen LogP contribution is 2.46. The van der Waals surface area contributed by atoms with E-state index in [0.29, 0.717) is 28.4 Å². The van der Waals surface area contributed by atoms with Crippen LogP contribution in [0, 0.1) is 0 Å². The van der Waals surface area contributed by atoms with Gasteiger partial charge in [0.1, 0.15) is 23.9 Å². The van der Waals surface area contributed by atoms with Crippen LogP contribution in [0.1, 0.15) is 17.0 Å². The van der Waals surface area contributed by atoms with Gasteiger partial charge in [-0.3, -0.25) is 0 Å². The van der Waals surface area contributed by atoms with Gasteiger partial charge in [-0.2, -0.15) is 0 Å². The van der Waals surface area contributed by atoms with Crippen molar-refractivity contribution in [2.45, 2.75) is 5.92 Å². The number of esters is 1. The molecule has 2 aromatic rings. The summed E-state index contributed by atoms with van der Waals surface area (Å²) in [6.07, 6.45) is 0. The first kappa shape index (κ1) is 16.1. The number of hydrogen-bond donors (Lipinski definition) is 2. The van der Waals surface area contributed by atoms with Gasteiger partial charge in [0.15, 0.2) is 11.5 Å². The maximum atomic E-state index is 12.2. The average Bonchev–Trinajstić information content (AvgIpc) is 3.23. The monoisotopic (exact) mass is 356 g/mol. The van der Waals surface area contributed by atoms with E-state index < -0.39 is 11.9 Å². The topological polar surface area (TPSA) is 94.5 Å². The number of carbonyl (C=O) groups excluding carboxylic acids is 1. The van der Waals surface area contributed by atoms with Crippen LogP contribution < -0.4 is 14.2 Å². The maximum Gasteiger partial charge on any atom is 0.338 e. The fraction of sp³-hybridized carbons (Fsp3) is 0.211. The summed E-state index contributed by atoms with van der Waals surface area (Å²) in [5.74, 6) is -0.0574. The molecule has 2 heterocycles. The van der Waals surface area contributed by atoms with Crippen molar-refractivity contribution in [2.75, 3.05) is 20.5 Å². The van der Waals surface area contributed by atoms with Gasteiger partial charge in [-0.25, -0.2) is 4.79 Å². The Morgan fingerprint density at radius 3 is 2.35 bits per heavy atom. The van der Waals surface area contributed by atoms with E-state index in [1.165, 1.54) is 6.07 Å². The van der Waals surface area contributed by atoms with Crippen LogP contribution in [0.25, 0.3) is 0 Å². The van der Waals surface area contributed by atoms with Crippen molar-refractivity contribution in [3.05, 3.63) is 58.9 Å². The number of ether oxygens (including phenoxy) is 4. The largest absolute Gasteiger partial charge is 0.508 e. The number of carbonyl (C=O) groups is 1. The molecule has 0 aromatic heterocycles. The number of phenols is 1. The Hall–Kier alpha value is -3.35. The lowest BCUT2D eigenvalue weighted by molar-refractivity contribution is -0.136. The molecular formula is C19H16O7. The smallest absolute Gasteiger partial charge is 0.338 e. The number of benzene rings is 2. The average molecular weight is 356 g/mol. The molecule has 0 unspecified atom stereocenters. The van der Waals surface area contributed by atoms with Crippen LogP contribution in [-0.2, 0) is 9.53 Å². The number of aliphatic hydroxyl groups is 1. The van der Waals surface area contributed by atoms with Gasteiger partial charge in [0.2, 0.25) is 6.79 Å². The molecule has 2 aliphatic rings. The molecule has 7 heteroatoms. The zero-order chi connectivity index (χ0) is 18.3. The minimum Gasteiger partial charge on any atom is -0.508 e. The number of cyclic esters (lactones) is 1. The second kappa shape index (κ2) is 6.18. The standard InChI is InChI=1S/C19H16O7/c1-23-11-4-2-10(3-5-11)17(18-14(21)8-24-19(18)22)12-6-15-16(7-13(12)20)26-9-25-15/h2-7,17,20-21H,8-9H2,1H3/t17-/m1/s1. The fourth-order valence-corrected chi connectivity index (χ4v) is 3.17. The molecule has 0 spiro atoms. The summed E-state index contributed by atoms with van der Waals surface area (Å²) in [7, 11) is 1.55. The highest BCUT2D eigenvalue weighted by Gasteiger charge is 2.36. The molecule has 0 saturated carbocycles. The van der Waals surface area contributed by atoms with Gasteiger partial charge in [-0.05, 0) is 23.8 Å². The SMILES string of the molecule is COc1ccc([C@@H](C2=C(O)COC2=O)c2cc3c(cc2O)OCO3)cc1. The Labute approximate surface area is 149 Å². The van der Waals surface area contributed by atoms with Crippen LogP contribution in [-0.4, -0.2) is 36.7 Å². The van der Waals surface area contributed by atoms with E-state index in [1.54, 1.807) is 37.4 Å². The minimum atomic E-state index is -0.731. The molecule has 0 amide bonds. The number of aromatic hydroxyl groups is 1. The van der Waals surface area contributed by atoms with Crippen molar-refractivity contribution in [1.29, 1.82) is 0 Å². The number of methoxy groups -OCH3 is 1.